The molecule has 1 aromatic carbocycles. The lowest BCUT2D eigenvalue weighted by molar-refractivity contribution is 0.273. The summed E-state index contributed by atoms with van der Waals surface area (Å²) in [5, 5.41) is 0. The van der Waals surface area contributed by atoms with Crippen molar-refractivity contribution in [3.05, 3.63) is 35.6 Å². The Labute approximate surface area is 95.8 Å². The van der Waals surface area contributed by atoms with Crippen molar-refractivity contribution in [3.63, 3.8) is 0 Å². The molecule has 1 nitrogen and oxygen atoms in total. The molecule has 0 aromatic heterocycles. The van der Waals surface area contributed by atoms with Crippen LogP contribution in [0.2, 0.25) is 0 Å². The van der Waals surface area contributed by atoms with E-state index in [1.807, 2.05) is 12.1 Å². The molecule has 3 rings (SSSR count). The Kier molecular flexibility index (Phi) is 2.28. The van der Waals surface area contributed by atoms with Crippen LogP contribution < -0.4 is 5.73 Å². The Bertz CT molecular complexity index is 374. The molecule has 2 aliphatic carbocycles. The minimum Gasteiger partial charge on any atom is -0.330 e. The smallest absolute Gasteiger partial charge is 0.123 e. The molecule has 0 radical (unpaired) electrons. The van der Waals surface area contributed by atoms with Crippen LogP contribution in [0.25, 0.3) is 0 Å². The van der Waals surface area contributed by atoms with Crippen molar-refractivity contribution in [3.8, 4) is 0 Å². The number of hydrogen-bond donors (Lipinski definition) is 1. The number of benzene rings is 1. The van der Waals surface area contributed by atoms with E-state index in [4.69, 9.17) is 5.73 Å². The molecule has 2 aliphatic rings. The van der Waals surface area contributed by atoms with Crippen molar-refractivity contribution < 1.29 is 4.39 Å². The largest absolute Gasteiger partial charge is 0.330 e. The standard InChI is InChI=1S/C14H18FN/c15-13-3-1-10(2-4-13)6-14(9-16)7-11-5-12(11)8-14/h1-4,11-12H,5-9,16H2. The monoisotopic (exact) mass is 219 g/mol. The van der Waals surface area contributed by atoms with Crippen LogP contribution in [0.4, 0.5) is 4.39 Å². The van der Waals surface area contributed by atoms with Crippen LogP contribution in [-0.4, -0.2) is 6.54 Å². The summed E-state index contributed by atoms with van der Waals surface area (Å²) in [7, 11) is 0. The molecule has 86 valence electrons. The Balaban J connectivity index is 1.75. The second-order valence-electron chi connectivity index (χ2n) is 5.67. The number of nitrogens with two attached hydrogens (primary N) is 1. The fourth-order valence-corrected chi connectivity index (χ4v) is 3.42. The van der Waals surface area contributed by atoms with Gasteiger partial charge in [-0.3, -0.25) is 0 Å². The molecule has 2 saturated carbocycles. The quantitative estimate of drug-likeness (QED) is 0.831. The molecule has 0 saturated heterocycles. The maximum absolute atomic E-state index is 12.8. The van der Waals surface area contributed by atoms with Gasteiger partial charge in [-0.2, -0.15) is 0 Å². The number of fused-ring (bicyclic) bond motifs is 1. The molecule has 0 spiro atoms. The zero-order chi connectivity index (χ0) is 11.2. The molecular formula is C14H18FN. The van der Waals surface area contributed by atoms with Crippen LogP contribution >= 0.6 is 0 Å². The summed E-state index contributed by atoms with van der Waals surface area (Å²) in [6.45, 7) is 0.775. The third-order valence-electron chi connectivity index (χ3n) is 4.38. The van der Waals surface area contributed by atoms with Gasteiger partial charge in [-0.1, -0.05) is 12.1 Å². The summed E-state index contributed by atoms with van der Waals surface area (Å²) in [6, 6.07) is 6.90. The van der Waals surface area contributed by atoms with Gasteiger partial charge in [0, 0.05) is 0 Å². The Hall–Kier alpha value is -0.890. The van der Waals surface area contributed by atoms with Crippen molar-refractivity contribution in [2.45, 2.75) is 25.7 Å². The normalized spacial score (nSPS) is 36.1. The molecule has 0 bridgehead atoms. The van der Waals surface area contributed by atoms with Crippen molar-refractivity contribution >= 4 is 0 Å². The van der Waals surface area contributed by atoms with Gasteiger partial charge in [0.15, 0.2) is 0 Å². The summed E-state index contributed by atoms with van der Waals surface area (Å²) in [5.41, 5.74) is 7.50. The van der Waals surface area contributed by atoms with Gasteiger partial charge in [0.25, 0.3) is 0 Å². The van der Waals surface area contributed by atoms with Crippen molar-refractivity contribution in [1.29, 1.82) is 0 Å². The van der Waals surface area contributed by atoms with E-state index in [1.165, 1.54) is 24.8 Å². The van der Waals surface area contributed by atoms with E-state index in [1.54, 1.807) is 12.1 Å². The van der Waals surface area contributed by atoms with E-state index < -0.39 is 0 Å². The van der Waals surface area contributed by atoms with E-state index >= 15 is 0 Å². The van der Waals surface area contributed by atoms with E-state index in [9.17, 15) is 4.39 Å². The topological polar surface area (TPSA) is 26.0 Å². The fraction of sp³-hybridized carbons (Fsp3) is 0.571. The van der Waals surface area contributed by atoms with Gasteiger partial charge in [0.2, 0.25) is 0 Å². The van der Waals surface area contributed by atoms with E-state index in [0.29, 0.717) is 5.41 Å². The number of rotatable bonds is 3. The average molecular weight is 219 g/mol. The fourth-order valence-electron chi connectivity index (χ4n) is 3.42. The first kappa shape index (κ1) is 10.3. The lowest BCUT2D eigenvalue weighted by Crippen LogP contribution is -2.31. The second-order valence-corrected chi connectivity index (χ2v) is 5.67. The molecule has 0 heterocycles. The Morgan fingerprint density at radius 3 is 2.38 bits per heavy atom. The number of halogens is 1. The first-order valence-corrected chi connectivity index (χ1v) is 6.15. The van der Waals surface area contributed by atoms with Crippen LogP contribution in [0, 0.1) is 23.1 Å². The van der Waals surface area contributed by atoms with Gasteiger partial charge in [-0.25, -0.2) is 4.39 Å². The average Bonchev–Trinajstić information content (AvgIpc) is 2.91. The molecule has 2 fully saturated rings. The molecule has 2 atom stereocenters. The van der Waals surface area contributed by atoms with Crippen LogP contribution in [0.15, 0.2) is 24.3 Å². The van der Waals surface area contributed by atoms with Crippen LogP contribution in [0.3, 0.4) is 0 Å². The summed E-state index contributed by atoms with van der Waals surface area (Å²) in [5.74, 6) is 1.74. The highest BCUT2D eigenvalue weighted by Crippen LogP contribution is 2.60. The lowest BCUT2D eigenvalue weighted by atomic mass is 9.77. The summed E-state index contributed by atoms with van der Waals surface area (Å²) in [4.78, 5) is 0. The summed E-state index contributed by atoms with van der Waals surface area (Å²) in [6.07, 6.45) is 5.01. The molecule has 2 heteroatoms. The Morgan fingerprint density at radius 2 is 1.81 bits per heavy atom. The van der Waals surface area contributed by atoms with Gasteiger partial charge in [-0.05, 0) is 67.2 Å². The van der Waals surface area contributed by atoms with Crippen molar-refractivity contribution in [2.24, 2.45) is 23.0 Å². The van der Waals surface area contributed by atoms with E-state index in [-0.39, 0.29) is 5.82 Å². The molecule has 1 aromatic rings. The highest BCUT2D eigenvalue weighted by Gasteiger charge is 2.52. The number of hydrogen-bond acceptors (Lipinski definition) is 1. The van der Waals surface area contributed by atoms with Crippen LogP contribution in [0.1, 0.15) is 24.8 Å². The first-order chi connectivity index (χ1) is 7.71. The maximum Gasteiger partial charge on any atom is 0.123 e. The third kappa shape index (κ3) is 1.75. The molecule has 0 amide bonds. The third-order valence-corrected chi connectivity index (χ3v) is 4.38. The molecule has 2 unspecified atom stereocenters. The van der Waals surface area contributed by atoms with Gasteiger partial charge >= 0.3 is 0 Å². The predicted octanol–water partition coefficient (Wildman–Crippen LogP) is 2.74. The highest BCUT2D eigenvalue weighted by atomic mass is 19.1. The summed E-state index contributed by atoms with van der Waals surface area (Å²) < 4.78 is 12.8. The second kappa shape index (κ2) is 3.56. The van der Waals surface area contributed by atoms with Gasteiger partial charge in [0.1, 0.15) is 5.82 Å². The predicted molar refractivity (Wildman–Crippen MR) is 62.4 cm³/mol. The van der Waals surface area contributed by atoms with Crippen molar-refractivity contribution in [2.75, 3.05) is 6.54 Å². The maximum atomic E-state index is 12.8. The summed E-state index contributed by atoms with van der Waals surface area (Å²) >= 11 is 0. The van der Waals surface area contributed by atoms with E-state index in [2.05, 4.69) is 0 Å². The van der Waals surface area contributed by atoms with Gasteiger partial charge in [0.05, 0.1) is 0 Å². The molecule has 16 heavy (non-hydrogen) atoms. The van der Waals surface area contributed by atoms with Crippen LogP contribution in [0.5, 0.6) is 0 Å². The van der Waals surface area contributed by atoms with Crippen LogP contribution in [-0.2, 0) is 6.42 Å². The lowest BCUT2D eigenvalue weighted by Gasteiger charge is -2.29. The molecule has 0 aliphatic heterocycles. The van der Waals surface area contributed by atoms with Gasteiger partial charge in [-0.15, -0.1) is 0 Å². The van der Waals surface area contributed by atoms with Gasteiger partial charge < -0.3 is 5.73 Å². The van der Waals surface area contributed by atoms with E-state index in [0.717, 1.165) is 24.8 Å². The minimum atomic E-state index is -0.153. The Morgan fingerprint density at radius 1 is 1.19 bits per heavy atom. The minimum absolute atomic E-state index is 0.153. The molecule has 2 N–H and O–H groups in total. The zero-order valence-electron chi connectivity index (χ0n) is 9.45. The first-order valence-electron chi connectivity index (χ1n) is 6.15. The van der Waals surface area contributed by atoms with Crippen molar-refractivity contribution in [1.82, 2.24) is 0 Å². The zero-order valence-corrected chi connectivity index (χ0v) is 9.45. The molecular weight excluding hydrogens is 201 g/mol. The SMILES string of the molecule is NCC1(Cc2ccc(F)cc2)CC2CC2C1. The highest BCUT2D eigenvalue weighted by molar-refractivity contribution is 5.19.